The molecular weight excluding hydrogens is 271 g/mol. The predicted molar refractivity (Wildman–Crippen MR) is 71.7 cm³/mol. The summed E-state index contributed by atoms with van der Waals surface area (Å²) in [5.41, 5.74) is 0.143. The molecule has 0 spiro atoms. The van der Waals surface area contributed by atoms with E-state index in [-0.39, 0.29) is 12.0 Å². The molecule has 1 aliphatic rings. The lowest BCUT2D eigenvalue weighted by Crippen LogP contribution is -2.41. The van der Waals surface area contributed by atoms with Crippen LogP contribution in [-0.2, 0) is 9.47 Å². The van der Waals surface area contributed by atoms with E-state index in [1.54, 1.807) is 0 Å². The fourth-order valence-electron chi connectivity index (χ4n) is 2.48. The summed E-state index contributed by atoms with van der Waals surface area (Å²) in [5, 5.41) is 3.44. The molecule has 20 heavy (non-hydrogen) atoms. The van der Waals surface area contributed by atoms with E-state index in [4.69, 9.17) is 4.74 Å². The van der Waals surface area contributed by atoms with Gasteiger partial charge in [-0.15, -0.1) is 0 Å². The van der Waals surface area contributed by atoms with Crippen LogP contribution in [0, 0.1) is 5.41 Å². The van der Waals surface area contributed by atoms with Crippen molar-refractivity contribution in [3.63, 3.8) is 0 Å². The summed E-state index contributed by atoms with van der Waals surface area (Å²) >= 11 is 0. The van der Waals surface area contributed by atoms with Crippen molar-refractivity contribution < 1.29 is 22.6 Å². The summed E-state index contributed by atoms with van der Waals surface area (Å²) in [7, 11) is 0. The van der Waals surface area contributed by atoms with E-state index in [1.807, 2.05) is 0 Å². The zero-order valence-corrected chi connectivity index (χ0v) is 12.4. The van der Waals surface area contributed by atoms with Crippen LogP contribution in [-0.4, -0.2) is 45.2 Å². The van der Waals surface area contributed by atoms with Crippen molar-refractivity contribution in [3.8, 4) is 0 Å². The normalized spacial score (nSPS) is 19.5. The lowest BCUT2D eigenvalue weighted by molar-refractivity contribution is -0.174. The highest BCUT2D eigenvalue weighted by Gasteiger charge is 2.32. The molecule has 6 heteroatoms. The van der Waals surface area contributed by atoms with Gasteiger partial charge in [-0.3, -0.25) is 0 Å². The Morgan fingerprint density at radius 3 is 2.45 bits per heavy atom. The molecule has 0 radical (unpaired) electrons. The van der Waals surface area contributed by atoms with E-state index in [9.17, 15) is 13.2 Å². The lowest BCUT2D eigenvalue weighted by Gasteiger charge is -2.38. The molecule has 1 heterocycles. The van der Waals surface area contributed by atoms with Gasteiger partial charge < -0.3 is 14.8 Å². The Hall–Kier alpha value is -0.330. The van der Waals surface area contributed by atoms with Crippen LogP contribution < -0.4 is 5.32 Å². The van der Waals surface area contributed by atoms with Gasteiger partial charge in [-0.1, -0.05) is 13.8 Å². The first-order valence-corrected chi connectivity index (χ1v) is 7.29. The summed E-state index contributed by atoms with van der Waals surface area (Å²) in [6.45, 7) is 5.59. The van der Waals surface area contributed by atoms with Gasteiger partial charge in [0.1, 0.15) is 6.61 Å². The maximum Gasteiger partial charge on any atom is 0.411 e. The van der Waals surface area contributed by atoms with Gasteiger partial charge in [-0.2, -0.15) is 13.2 Å². The van der Waals surface area contributed by atoms with Gasteiger partial charge in [0.2, 0.25) is 0 Å². The van der Waals surface area contributed by atoms with Gasteiger partial charge in [0, 0.05) is 32.4 Å². The highest BCUT2D eigenvalue weighted by atomic mass is 19.4. The largest absolute Gasteiger partial charge is 0.411 e. The van der Waals surface area contributed by atoms with Crippen LogP contribution in [0.5, 0.6) is 0 Å². The van der Waals surface area contributed by atoms with Crippen LogP contribution in [0.4, 0.5) is 13.2 Å². The third-order valence-corrected chi connectivity index (χ3v) is 3.70. The molecule has 1 fully saturated rings. The van der Waals surface area contributed by atoms with E-state index < -0.39 is 12.8 Å². The average molecular weight is 297 g/mol. The quantitative estimate of drug-likeness (QED) is 0.698. The Kier molecular flexibility index (Phi) is 7.26. The fourth-order valence-corrected chi connectivity index (χ4v) is 2.48. The molecule has 0 unspecified atom stereocenters. The Balaban J connectivity index is 2.29. The molecule has 1 saturated heterocycles. The zero-order valence-electron chi connectivity index (χ0n) is 12.4. The Morgan fingerprint density at radius 1 is 1.25 bits per heavy atom. The maximum absolute atomic E-state index is 12.0. The second-order valence-corrected chi connectivity index (χ2v) is 5.92. The van der Waals surface area contributed by atoms with Crippen molar-refractivity contribution in [1.29, 1.82) is 0 Å². The van der Waals surface area contributed by atoms with Gasteiger partial charge in [-0.05, 0) is 31.1 Å². The Morgan fingerprint density at radius 2 is 1.90 bits per heavy atom. The first-order chi connectivity index (χ1) is 9.33. The molecule has 0 aromatic heterocycles. The molecule has 120 valence electrons. The summed E-state index contributed by atoms with van der Waals surface area (Å²) in [4.78, 5) is 0. The summed E-state index contributed by atoms with van der Waals surface area (Å²) in [6, 6.07) is 0.413. The minimum Gasteiger partial charge on any atom is -0.381 e. The van der Waals surface area contributed by atoms with Crippen LogP contribution in [0.3, 0.4) is 0 Å². The molecule has 0 saturated carbocycles. The standard InChI is InChI=1S/C14H26F3NO2/c1-12(2)18-10-13(5-8-19-9-6-13)4-3-7-20-11-14(15,16)17/h12,18H,3-11H2,1-2H3. The van der Waals surface area contributed by atoms with Crippen molar-refractivity contribution in [2.24, 2.45) is 5.41 Å². The summed E-state index contributed by atoms with van der Waals surface area (Å²) < 4.78 is 46.0. The molecule has 1 aliphatic heterocycles. The topological polar surface area (TPSA) is 30.5 Å². The Bertz CT molecular complexity index is 264. The van der Waals surface area contributed by atoms with Crippen molar-refractivity contribution >= 4 is 0 Å². The first kappa shape index (κ1) is 17.7. The molecule has 0 aromatic carbocycles. The average Bonchev–Trinajstić information content (AvgIpc) is 2.36. The summed E-state index contributed by atoms with van der Waals surface area (Å²) in [5.74, 6) is 0. The van der Waals surface area contributed by atoms with Crippen molar-refractivity contribution in [2.75, 3.05) is 33.0 Å². The highest BCUT2D eigenvalue weighted by Crippen LogP contribution is 2.35. The Labute approximate surface area is 119 Å². The van der Waals surface area contributed by atoms with Gasteiger partial charge in [-0.25, -0.2) is 0 Å². The highest BCUT2D eigenvalue weighted by molar-refractivity contribution is 4.84. The second kappa shape index (κ2) is 8.20. The number of halogens is 3. The SMILES string of the molecule is CC(C)NCC1(CCCOCC(F)(F)F)CCOCC1. The molecule has 0 aliphatic carbocycles. The van der Waals surface area contributed by atoms with Crippen LogP contribution in [0.1, 0.15) is 39.5 Å². The van der Waals surface area contributed by atoms with Crippen LogP contribution in [0.15, 0.2) is 0 Å². The van der Waals surface area contributed by atoms with E-state index in [0.717, 1.165) is 39.0 Å². The van der Waals surface area contributed by atoms with Gasteiger partial charge >= 0.3 is 6.18 Å². The third kappa shape index (κ3) is 7.45. The van der Waals surface area contributed by atoms with Gasteiger partial charge in [0.05, 0.1) is 0 Å². The molecule has 1 rings (SSSR count). The molecular formula is C14H26F3NO2. The summed E-state index contributed by atoms with van der Waals surface area (Å²) in [6.07, 6.45) is -0.753. The molecule has 0 amide bonds. The number of hydrogen-bond acceptors (Lipinski definition) is 3. The lowest BCUT2D eigenvalue weighted by atomic mass is 9.76. The van der Waals surface area contributed by atoms with Crippen LogP contribution in [0.2, 0.25) is 0 Å². The van der Waals surface area contributed by atoms with Crippen molar-refractivity contribution in [2.45, 2.75) is 51.7 Å². The smallest absolute Gasteiger partial charge is 0.381 e. The number of rotatable bonds is 8. The van der Waals surface area contributed by atoms with Crippen LogP contribution >= 0.6 is 0 Å². The van der Waals surface area contributed by atoms with E-state index in [2.05, 4.69) is 23.9 Å². The number of alkyl halides is 3. The predicted octanol–water partition coefficient (Wildman–Crippen LogP) is 3.14. The number of ether oxygens (including phenoxy) is 2. The monoisotopic (exact) mass is 297 g/mol. The molecule has 3 nitrogen and oxygen atoms in total. The molecule has 0 aromatic rings. The fraction of sp³-hybridized carbons (Fsp3) is 1.00. The molecule has 0 bridgehead atoms. The molecule has 1 N–H and O–H groups in total. The van der Waals surface area contributed by atoms with Crippen LogP contribution in [0.25, 0.3) is 0 Å². The van der Waals surface area contributed by atoms with E-state index >= 15 is 0 Å². The minimum atomic E-state index is -4.23. The zero-order chi connectivity index (χ0) is 15.1. The van der Waals surface area contributed by atoms with Crippen molar-refractivity contribution in [3.05, 3.63) is 0 Å². The second-order valence-electron chi connectivity index (χ2n) is 5.92. The van der Waals surface area contributed by atoms with Gasteiger partial charge in [0.15, 0.2) is 0 Å². The van der Waals surface area contributed by atoms with Crippen molar-refractivity contribution in [1.82, 2.24) is 5.32 Å². The minimum absolute atomic E-state index is 0.143. The molecule has 0 atom stereocenters. The number of hydrogen-bond donors (Lipinski definition) is 1. The van der Waals surface area contributed by atoms with Gasteiger partial charge in [0.25, 0.3) is 0 Å². The van der Waals surface area contributed by atoms with E-state index in [0.29, 0.717) is 12.5 Å². The third-order valence-electron chi connectivity index (χ3n) is 3.70. The number of nitrogens with one attached hydrogen (secondary N) is 1. The first-order valence-electron chi connectivity index (χ1n) is 7.29. The van der Waals surface area contributed by atoms with E-state index in [1.165, 1.54) is 0 Å². The maximum atomic E-state index is 12.0.